The number of sulfone groups is 1. The first-order valence-electron chi connectivity index (χ1n) is 6.80. The molecule has 0 unspecified atom stereocenters. The SMILES string of the molecule is CC(C)C[C@H]1CCCCCN1CCS(C)(=O)=O. The van der Waals surface area contributed by atoms with Crippen LogP contribution in [0.15, 0.2) is 0 Å². The predicted molar refractivity (Wildman–Crippen MR) is 73.0 cm³/mol. The van der Waals surface area contributed by atoms with Gasteiger partial charge in [0.05, 0.1) is 5.75 Å². The molecule has 102 valence electrons. The Hall–Kier alpha value is -0.0900. The van der Waals surface area contributed by atoms with Crippen LogP contribution in [0.5, 0.6) is 0 Å². The number of nitrogens with zero attached hydrogens (tertiary/aromatic N) is 1. The highest BCUT2D eigenvalue weighted by Gasteiger charge is 2.22. The fraction of sp³-hybridized carbons (Fsp3) is 1.00. The Kier molecular flexibility index (Phi) is 5.93. The fourth-order valence-corrected chi connectivity index (χ4v) is 3.19. The van der Waals surface area contributed by atoms with Gasteiger partial charge in [-0.2, -0.15) is 0 Å². The molecule has 0 bridgehead atoms. The first-order chi connectivity index (χ1) is 7.88. The largest absolute Gasteiger partial charge is 0.299 e. The van der Waals surface area contributed by atoms with Crippen LogP contribution in [-0.4, -0.2) is 44.5 Å². The molecule has 0 N–H and O–H groups in total. The van der Waals surface area contributed by atoms with E-state index in [0.29, 0.717) is 17.7 Å². The van der Waals surface area contributed by atoms with E-state index < -0.39 is 9.84 Å². The van der Waals surface area contributed by atoms with E-state index in [4.69, 9.17) is 0 Å². The van der Waals surface area contributed by atoms with Crippen molar-refractivity contribution in [1.29, 1.82) is 0 Å². The highest BCUT2D eigenvalue weighted by molar-refractivity contribution is 7.90. The molecule has 0 aliphatic carbocycles. The lowest BCUT2D eigenvalue weighted by Crippen LogP contribution is -2.38. The van der Waals surface area contributed by atoms with Crippen molar-refractivity contribution in [2.75, 3.05) is 25.1 Å². The summed E-state index contributed by atoms with van der Waals surface area (Å²) in [7, 11) is -2.83. The number of hydrogen-bond donors (Lipinski definition) is 0. The van der Waals surface area contributed by atoms with E-state index in [-0.39, 0.29) is 0 Å². The van der Waals surface area contributed by atoms with Gasteiger partial charge in [0.15, 0.2) is 0 Å². The van der Waals surface area contributed by atoms with Gasteiger partial charge in [-0.05, 0) is 31.7 Å². The molecule has 0 aromatic carbocycles. The molecule has 3 nitrogen and oxygen atoms in total. The molecule has 17 heavy (non-hydrogen) atoms. The molecule has 4 heteroatoms. The number of hydrogen-bond acceptors (Lipinski definition) is 3. The quantitative estimate of drug-likeness (QED) is 0.762. The fourth-order valence-electron chi connectivity index (χ4n) is 2.63. The van der Waals surface area contributed by atoms with E-state index in [0.717, 1.165) is 13.1 Å². The number of rotatable bonds is 5. The van der Waals surface area contributed by atoms with Crippen molar-refractivity contribution < 1.29 is 8.42 Å². The molecular weight excluding hydrogens is 234 g/mol. The maximum absolute atomic E-state index is 11.3. The Bertz CT molecular complexity index is 311. The zero-order valence-corrected chi connectivity index (χ0v) is 12.3. The van der Waals surface area contributed by atoms with Crippen molar-refractivity contribution in [2.45, 2.75) is 52.0 Å². The molecule has 0 amide bonds. The van der Waals surface area contributed by atoms with E-state index >= 15 is 0 Å². The van der Waals surface area contributed by atoms with Gasteiger partial charge in [0.25, 0.3) is 0 Å². The second-order valence-corrected chi connectivity index (χ2v) is 8.06. The van der Waals surface area contributed by atoms with Gasteiger partial charge in [-0.25, -0.2) is 8.42 Å². The zero-order valence-electron chi connectivity index (χ0n) is 11.5. The van der Waals surface area contributed by atoms with E-state index in [1.807, 2.05) is 0 Å². The van der Waals surface area contributed by atoms with E-state index in [1.165, 1.54) is 38.4 Å². The van der Waals surface area contributed by atoms with E-state index in [2.05, 4.69) is 18.7 Å². The van der Waals surface area contributed by atoms with Crippen LogP contribution in [0.4, 0.5) is 0 Å². The summed E-state index contributed by atoms with van der Waals surface area (Å²) in [4.78, 5) is 2.41. The van der Waals surface area contributed by atoms with Gasteiger partial charge in [0.2, 0.25) is 0 Å². The summed E-state index contributed by atoms with van der Waals surface area (Å²) in [6, 6.07) is 0.597. The van der Waals surface area contributed by atoms with Crippen LogP contribution in [0.3, 0.4) is 0 Å². The van der Waals surface area contributed by atoms with Crippen molar-refractivity contribution in [2.24, 2.45) is 5.92 Å². The van der Waals surface area contributed by atoms with E-state index in [1.54, 1.807) is 0 Å². The van der Waals surface area contributed by atoms with Crippen LogP contribution in [0.1, 0.15) is 46.0 Å². The van der Waals surface area contributed by atoms with Gasteiger partial charge in [0, 0.05) is 18.8 Å². The lowest BCUT2D eigenvalue weighted by molar-refractivity contribution is 0.186. The maximum atomic E-state index is 11.3. The van der Waals surface area contributed by atoms with Crippen molar-refractivity contribution in [3.63, 3.8) is 0 Å². The lowest BCUT2D eigenvalue weighted by Gasteiger charge is -2.30. The average molecular weight is 261 g/mol. The minimum absolute atomic E-state index is 0.307. The Labute approximate surface area is 106 Å². The molecule has 1 saturated heterocycles. The summed E-state index contributed by atoms with van der Waals surface area (Å²) >= 11 is 0. The maximum Gasteiger partial charge on any atom is 0.148 e. The molecule has 0 saturated carbocycles. The van der Waals surface area contributed by atoms with Crippen LogP contribution in [0.2, 0.25) is 0 Å². The van der Waals surface area contributed by atoms with Crippen LogP contribution in [-0.2, 0) is 9.84 Å². The smallest absolute Gasteiger partial charge is 0.148 e. The summed E-state index contributed by atoms with van der Waals surface area (Å²) in [5, 5.41) is 0. The average Bonchev–Trinajstić information content (AvgIpc) is 2.38. The minimum Gasteiger partial charge on any atom is -0.299 e. The molecule has 1 atom stereocenters. The predicted octanol–water partition coefficient (Wildman–Crippen LogP) is 2.32. The van der Waals surface area contributed by atoms with Crippen molar-refractivity contribution >= 4 is 9.84 Å². The third-order valence-corrected chi connectivity index (χ3v) is 4.42. The summed E-state index contributed by atoms with van der Waals surface area (Å²) < 4.78 is 22.5. The van der Waals surface area contributed by atoms with Crippen molar-refractivity contribution in [3.8, 4) is 0 Å². The molecule has 1 rings (SSSR count). The molecule has 0 aromatic heterocycles. The second-order valence-electron chi connectivity index (χ2n) is 5.80. The van der Waals surface area contributed by atoms with Crippen LogP contribution >= 0.6 is 0 Å². The molecule has 1 aliphatic heterocycles. The first kappa shape index (κ1) is 15.0. The molecule has 1 aliphatic rings. The summed E-state index contributed by atoms with van der Waals surface area (Å²) in [5.41, 5.74) is 0. The van der Waals surface area contributed by atoms with Gasteiger partial charge < -0.3 is 0 Å². The third-order valence-electron chi connectivity index (χ3n) is 3.49. The van der Waals surface area contributed by atoms with Crippen molar-refractivity contribution in [3.05, 3.63) is 0 Å². The van der Waals surface area contributed by atoms with Gasteiger partial charge in [-0.15, -0.1) is 0 Å². The summed E-state index contributed by atoms with van der Waals surface area (Å²) in [6.07, 6.45) is 7.59. The molecular formula is C13H27NO2S. The third kappa shape index (κ3) is 6.41. The Morgan fingerprint density at radius 1 is 1.24 bits per heavy atom. The Morgan fingerprint density at radius 2 is 1.94 bits per heavy atom. The molecule has 1 fully saturated rings. The standard InChI is InChI=1S/C13H27NO2S/c1-12(2)11-13-7-5-4-6-8-14(13)9-10-17(3,15)16/h12-13H,4-11H2,1-3H3/t13-/m1/s1. The van der Waals surface area contributed by atoms with Gasteiger partial charge in [-0.3, -0.25) is 4.90 Å². The second kappa shape index (κ2) is 6.74. The highest BCUT2D eigenvalue weighted by Crippen LogP contribution is 2.22. The molecule has 1 heterocycles. The Balaban J connectivity index is 2.55. The van der Waals surface area contributed by atoms with Crippen LogP contribution in [0, 0.1) is 5.92 Å². The molecule has 0 spiro atoms. The summed E-state index contributed by atoms with van der Waals surface area (Å²) in [6.45, 7) is 6.29. The van der Waals surface area contributed by atoms with E-state index in [9.17, 15) is 8.42 Å². The molecule has 0 radical (unpaired) electrons. The monoisotopic (exact) mass is 261 g/mol. The molecule has 0 aromatic rings. The van der Waals surface area contributed by atoms with Gasteiger partial charge in [0.1, 0.15) is 9.84 Å². The zero-order chi connectivity index (χ0) is 12.9. The normalized spacial score (nSPS) is 23.9. The topological polar surface area (TPSA) is 37.4 Å². The van der Waals surface area contributed by atoms with Gasteiger partial charge >= 0.3 is 0 Å². The first-order valence-corrected chi connectivity index (χ1v) is 8.86. The highest BCUT2D eigenvalue weighted by atomic mass is 32.2. The van der Waals surface area contributed by atoms with Crippen LogP contribution in [0.25, 0.3) is 0 Å². The summed E-state index contributed by atoms with van der Waals surface area (Å²) in [5.74, 6) is 1.00. The number of likely N-dealkylation sites (tertiary alicyclic amines) is 1. The minimum atomic E-state index is -2.83. The van der Waals surface area contributed by atoms with Crippen molar-refractivity contribution in [1.82, 2.24) is 4.90 Å². The van der Waals surface area contributed by atoms with Gasteiger partial charge in [-0.1, -0.05) is 26.7 Å². The Morgan fingerprint density at radius 3 is 2.53 bits per heavy atom. The lowest BCUT2D eigenvalue weighted by atomic mass is 9.99. The van der Waals surface area contributed by atoms with Crippen LogP contribution < -0.4 is 0 Å².